The van der Waals surface area contributed by atoms with Crippen molar-refractivity contribution in [3.63, 3.8) is 0 Å². The molecule has 7 nitrogen and oxygen atoms in total. The Morgan fingerprint density at radius 2 is 2.50 bits per heavy atom. The number of hydrazine groups is 1. The van der Waals surface area contributed by atoms with Crippen molar-refractivity contribution in [1.29, 1.82) is 0 Å². The molecule has 1 rings (SSSR count). The number of hydrogen-bond acceptors (Lipinski definition) is 5. The number of aromatic amines is 1. The first-order valence-corrected chi connectivity index (χ1v) is 3.86. The van der Waals surface area contributed by atoms with Gasteiger partial charge in [-0.3, -0.25) is 9.89 Å². The summed E-state index contributed by atoms with van der Waals surface area (Å²) in [6.45, 7) is 0. The van der Waals surface area contributed by atoms with Gasteiger partial charge in [0.25, 0.3) is 5.91 Å². The first-order chi connectivity index (χ1) is 6.65. The molecule has 0 aliphatic heterocycles. The molecule has 6 N–H and O–H groups in total. The van der Waals surface area contributed by atoms with Crippen LogP contribution in [0, 0.1) is 0 Å². The molecule has 14 heavy (non-hydrogen) atoms. The van der Waals surface area contributed by atoms with Gasteiger partial charge in [-0.2, -0.15) is 5.10 Å². The molecule has 1 aromatic heterocycles. The lowest BCUT2D eigenvalue weighted by Crippen LogP contribution is -2.33. The van der Waals surface area contributed by atoms with Gasteiger partial charge in [0.2, 0.25) is 0 Å². The second-order valence-electron chi connectivity index (χ2n) is 2.59. The molecule has 0 fully saturated rings. The number of H-pyrrole nitrogens is 1. The Bertz CT molecular complexity index is 328. The van der Waals surface area contributed by atoms with Crippen LogP contribution in [0.15, 0.2) is 24.2 Å². The number of aromatic nitrogens is 2. The second-order valence-corrected chi connectivity index (χ2v) is 2.59. The van der Waals surface area contributed by atoms with E-state index >= 15 is 0 Å². The van der Waals surface area contributed by atoms with Crippen molar-refractivity contribution in [2.24, 2.45) is 11.6 Å². The van der Waals surface area contributed by atoms with Gasteiger partial charge in [-0.1, -0.05) is 0 Å². The van der Waals surface area contributed by atoms with Gasteiger partial charge >= 0.3 is 0 Å². The summed E-state index contributed by atoms with van der Waals surface area (Å²) in [6, 6.07) is 1.61. The number of nitrogens with zero attached hydrogens (tertiary/aromatic N) is 2. The van der Waals surface area contributed by atoms with Crippen LogP contribution in [0.3, 0.4) is 0 Å². The maximum atomic E-state index is 11.5. The first-order valence-electron chi connectivity index (χ1n) is 3.86. The molecule has 0 atom stereocenters. The molecule has 0 radical (unpaired) electrons. The van der Waals surface area contributed by atoms with Crippen LogP contribution >= 0.6 is 0 Å². The van der Waals surface area contributed by atoms with Crippen molar-refractivity contribution in [3.05, 3.63) is 24.2 Å². The van der Waals surface area contributed by atoms with Crippen molar-refractivity contribution in [2.45, 2.75) is 0 Å². The predicted molar refractivity (Wildman–Crippen MR) is 51.4 cm³/mol. The molecule has 1 amide bonds. The van der Waals surface area contributed by atoms with Crippen molar-refractivity contribution >= 4 is 11.7 Å². The smallest absolute Gasteiger partial charge is 0.275 e. The first kappa shape index (κ1) is 10.1. The standard InChI is InChI=1S/C7H12N6O/c1-13(9)5(4-8)7(14)11-6-2-3-10-12-6/h2-4H,8-9H2,1H3,(H2,10,11,12,14)/b5-4-. The van der Waals surface area contributed by atoms with E-state index < -0.39 is 5.91 Å². The van der Waals surface area contributed by atoms with Crippen LogP contribution in [0.5, 0.6) is 0 Å². The Balaban J connectivity index is 2.67. The van der Waals surface area contributed by atoms with E-state index in [-0.39, 0.29) is 5.70 Å². The molecule has 7 heteroatoms. The third-order valence-corrected chi connectivity index (χ3v) is 1.52. The summed E-state index contributed by atoms with van der Waals surface area (Å²) < 4.78 is 0. The molecule has 1 aromatic rings. The normalized spacial score (nSPS) is 11.1. The molecule has 0 aromatic carbocycles. The third-order valence-electron chi connectivity index (χ3n) is 1.52. The summed E-state index contributed by atoms with van der Waals surface area (Å²) in [5.74, 6) is 5.46. The Morgan fingerprint density at radius 1 is 1.79 bits per heavy atom. The van der Waals surface area contributed by atoms with Crippen LogP contribution in [-0.2, 0) is 4.79 Å². The van der Waals surface area contributed by atoms with Gasteiger partial charge in [-0.05, 0) is 0 Å². The summed E-state index contributed by atoms with van der Waals surface area (Å²) in [5.41, 5.74) is 5.40. The highest BCUT2D eigenvalue weighted by Crippen LogP contribution is 2.02. The van der Waals surface area contributed by atoms with E-state index in [1.807, 2.05) is 0 Å². The minimum atomic E-state index is -0.401. The minimum Gasteiger partial charge on any atom is -0.403 e. The highest BCUT2D eigenvalue weighted by atomic mass is 16.2. The summed E-state index contributed by atoms with van der Waals surface area (Å²) in [6.07, 6.45) is 2.65. The third kappa shape index (κ3) is 2.23. The molecule has 0 spiro atoms. The zero-order valence-electron chi connectivity index (χ0n) is 7.69. The van der Waals surface area contributed by atoms with E-state index in [9.17, 15) is 4.79 Å². The number of anilines is 1. The van der Waals surface area contributed by atoms with Gasteiger partial charge in [0.15, 0.2) is 0 Å². The summed E-state index contributed by atoms with van der Waals surface area (Å²) in [7, 11) is 1.52. The number of likely N-dealkylation sites (N-methyl/N-ethyl adjacent to an activating group) is 1. The molecule has 0 unspecified atom stereocenters. The van der Waals surface area contributed by atoms with E-state index in [1.165, 1.54) is 13.2 Å². The van der Waals surface area contributed by atoms with E-state index in [4.69, 9.17) is 11.6 Å². The lowest BCUT2D eigenvalue weighted by Gasteiger charge is -2.14. The highest BCUT2D eigenvalue weighted by Gasteiger charge is 2.11. The topological polar surface area (TPSA) is 113 Å². The van der Waals surface area contributed by atoms with E-state index in [2.05, 4.69) is 15.5 Å². The molecule has 0 saturated carbocycles. The quantitative estimate of drug-likeness (QED) is 0.280. The fraction of sp³-hybridized carbons (Fsp3) is 0.143. The van der Waals surface area contributed by atoms with Crippen LogP contribution in [0.1, 0.15) is 0 Å². The zero-order chi connectivity index (χ0) is 10.6. The van der Waals surface area contributed by atoms with Crippen molar-refractivity contribution < 1.29 is 4.79 Å². The Kier molecular flexibility index (Phi) is 3.08. The maximum absolute atomic E-state index is 11.5. The predicted octanol–water partition coefficient (Wildman–Crippen LogP) is -1.05. The number of carbonyl (C=O) groups excluding carboxylic acids is 1. The highest BCUT2D eigenvalue weighted by molar-refractivity contribution is 6.02. The second kappa shape index (κ2) is 4.28. The average molecular weight is 196 g/mol. The molecule has 0 aliphatic carbocycles. The minimum absolute atomic E-state index is 0.166. The van der Waals surface area contributed by atoms with E-state index in [1.54, 1.807) is 6.07 Å². The average Bonchev–Trinajstić information content (AvgIpc) is 2.57. The lowest BCUT2D eigenvalue weighted by molar-refractivity contribution is -0.114. The number of carbonyl (C=O) groups is 1. The number of amides is 1. The Hall–Kier alpha value is -2.02. The van der Waals surface area contributed by atoms with Gasteiger partial charge < -0.3 is 16.1 Å². The largest absolute Gasteiger partial charge is 0.403 e. The molecular formula is C7H12N6O. The van der Waals surface area contributed by atoms with Gasteiger partial charge in [0.05, 0.1) is 6.20 Å². The number of nitrogens with two attached hydrogens (primary N) is 2. The molecular weight excluding hydrogens is 184 g/mol. The van der Waals surface area contributed by atoms with Crippen molar-refractivity contribution in [1.82, 2.24) is 15.2 Å². The van der Waals surface area contributed by atoms with Crippen LogP contribution in [-0.4, -0.2) is 28.2 Å². The Labute approximate surface area is 80.7 Å². The molecule has 0 saturated heterocycles. The number of rotatable bonds is 3. The van der Waals surface area contributed by atoms with Gasteiger partial charge in [0.1, 0.15) is 11.5 Å². The van der Waals surface area contributed by atoms with E-state index in [0.29, 0.717) is 5.82 Å². The summed E-state index contributed by atoms with van der Waals surface area (Å²) in [5, 5.41) is 9.90. The van der Waals surface area contributed by atoms with E-state index in [0.717, 1.165) is 11.2 Å². The molecule has 76 valence electrons. The Morgan fingerprint density at radius 3 is 2.93 bits per heavy atom. The fourth-order valence-electron chi connectivity index (χ4n) is 0.865. The van der Waals surface area contributed by atoms with Crippen molar-refractivity contribution in [2.75, 3.05) is 12.4 Å². The van der Waals surface area contributed by atoms with Gasteiger partial charge in [0, 0.05) is 19.3 Å². The molecule has 0 bridgehead atoms. The van der Waals surface area contributed by atoms with Gasteiger partial charge in [-0.15, -0.1) is 0 Å². The molecule has 1 heterocycles. The van der Waals surface area contributed by atoms with Crippen LogP contribution in [0.25, 0.3) is 0 Å². The lowest BCUT2D eigenvalue weighted by atomic mass is 10.4. The van der Waals surface area contributed by atoms with Crippen LogP contribution in [0.2, 0.25) is 0 Å². The summed E-state index contributed by atoms with van der Waals surface area (Å²) >= 11 is 0. The molecule has 0 aliphatic rings. The number of hydrogen-bond donors (Lipinski definition) is 4. The SMILES string of the molecule is CN(N)/C(=C\N)C(=O)Nc1ccn[nH]1. The summed E-state index contributed by atoms with van der Waals surface area (Å²) in [4.78, 5) is 11.5. The van der Waals surface area contributed by atoms with Crippen molar-refractivity contribution in [3.8, 4) is 0 Å². The van der Waals surface area contributed by atoms with Gasteiger partial charge in [-0.25, -0.2) is 5.84 Å². The van der Waals surface area contributed by atoms with Crippen LogP contribution in [0.4, 0.5) is 5.82 Å². The monoisotopic (exact) mass is 196 g/mol. The maximum Gasteiger partial charge on any atom is 0.275 e. The number of nitrogens with one attached hydrogen (secondary N) is 2. The zero-order valence-corrected chi connectivity index (χ0v) is 7.69. The van der Waals surface area contributed by atoms with Crippen LogP contribution < -0.4 is 16.9 Å². The fourth-order valence-corrected chi connectivity index (χ4v) is 0.865.